The summed E-state index contributed by atoms with van der Waals surface area (Å²) in [5.74, 6) is 0.999. The van der Waals surface area contributed by atoms with Crippen LogP contribution in [0, 0.1) is 0 Å². The number of piperazine rings is 1. The molecule has 2 aromatic heterocycles. The van der Waals surface area contributed by atoms with Gasteiger partial charge in [-0.3, -0.25) is 14.7 Å². The molecule has 186 valence electrons. The van der Waals surface area contributed by atoms with Crippen LogP contribution in [0.3, 0.4) is 0 Å². The number of nitrogens with zero attached hydrogens (tertiary/aromatic N) is 5. The zero-order chi connectivity index (χ0) is 24.8. The summed E-state index contributed by atoms with van der Waals surface area (Å²) >= 11 is 0. The highest BCUT2D eigenvalue weighted by atomic mass is 16.2. The lowest BCUT2D eigenvalue weighted by atomic mass is 9.91. The van der Waals surface area contributed by atoms with E-state index in [1.807, 2.05) is 30.0 Å². The first kappa shape index (κ1) is 25.0. The molecule has 3 aliphatic rings. The van der Waals surface area contributed by atoms with Crippen LogP contribution in [0.2, 0.25) is 0 Å². The molecule has 0 radical (unpaired) electrons. The predicted octanol–water partition coefficient (Wildman–Crippen LogP) is 3.09. The molecular weight excluding hydrogens is 440 g/mol. The maximum absolute atomic E-state index is 13.4. The number of carbonyl (C=O) groups is 2. The minimum Gasteiger partial charge on any atom is -0.341 e. The lowest BCUT2D eigenvalue weighted by Crippen LogP contribution is -2.48. The van der Waals surface area contributed by atoms with E-state index in [9.17, 15) is 4.79 Å². The van der Waals surface area contributed by atoms with E-state index in [1.54, 1.807) is 0 Å². The molecule has 2 aliphatic carbocycles. The van der Waals surface area contributed by atoms with Crippen molar-refractivity contribution in [2.24, 2.45) is 0 Å². The molecule has 1 saturated heterocycles. The highest BCUT2D eigenvalue weighted by Gasteiger charge is 2.29. The van der Waals surface area contributed by atoms with Crippen LogP contribution in [0.5, 0.6) is 0 Å². The lowest BCUT2D eigenvalue weighted by molar-refractivity contribution is -0.126. The fourth-order valence-corrected chi connectivity index (χ4v) is 5.29. The number of aromatic amines is 1. The molecule has 3 heterocycles. The number of imidazole rings is 1. The topological polar surface area (TPSA) is 85.4 Å². The molecule has 1 amide bonds. The van der Waals surface area contributed by atoms with Crippen LogP contribution in [0.15, 0.2) is 30.5 Å². The quantitative estimate of drug-likeness (QED) is 0.714. The standard InChI is InChI=1S/C26H34N6O.CH2O/c1-3-31-14-16-32(17-15-31)26(33)20-10-4-5-11-21-25(20)29-23(28-21)18-30(2)22-12-6-8-19-9-7-13-27-24(19)22;1-2/h5,7,9-11,13,22H,3-4,6,8,12,14-18H2,1-2H3,(H,28,29);1H2. The van der Waals surface area contributed by atoms with Crippen LogP contribution in [0.1, 0.15) is 60.7 Å². The van der Waals surface area contributed by atoms with Gasteiger partial charge in [0.1, 0.15) is 18.3 Å². The number of amides is 1. The number of carbonyl (C=O) groups excluding carboxylic acids is 2. The Bertz CT molecular complexity index is 1080. The average molecular weight is 477 g/mol. The maximum atomic E-state index is 13.4. The van der Waals surface area contributed by atoms with Crippen molar-refractivity contribution >= 4 is 24.3 Å². The number of aromatic nitrogens is 3. The Kier molecular flexibility index (Phi) is 8.25. The van der Waals surface area contributed by atoms with Gasteiger partial charge in [-0.15, -0.1) is 0 Å². The Morgan fingerprint density at radius 1 is 1.26 bits per heavy atom. The van der Waals surface area contributed by atoms with Gasteiger partial charge in [-0.25, -0.2) is 4.98 Å². The van der Waals surface area contributed by atoms with Crippen LogP contribution in [-0.2, 0) is 22.6 Å². The second-order valence-electron chi connectivity index (χ2n) is 9.30. The van der Waals surface area contributed by atoms with Crippen molar-refractivity contribution in [1.82, 2.24) is 29.7 Å². The Morgan fingerprint density at radius 3 is 2.83 bits per heavy atom. The number of rotatable bonds is 5. The van der Waals surface area contributed by atoms with E-state index in [0.717, 1.165) is 74.8 Å². The monoisotopic (exact) mass is 476 g/mol. The molecule has 5 rings (SSSR count). The van der Waals surface area contributed by atoms with Crippen LogP contribution in [-0.4, -0.2) is 82.1 Å². The van der Waals surface area contributed by atoms with Crippen LogP contribution in [0.25, 0.3) is 11.6 Å². The van der Waals surface area contributed by atoms with Crippen molar-refractivity contribution < 1.29 is 9.59 Å². The van der Waals surface area contributed by atoms with Gasteiger partial charge in [0.15, 0.2) is 0 Å². The van der Waals surface area contributed by atoms with E-state index in [1.165, 1.54) is 17.7 Å². The van der Waals surface area contributed by atoms with Gasteiger partial charge in [0, 0.05) is 32.4 Å². The number of hydrogen-bond acceptors (Lipinski definition) is 6. The average Bonchev–Trinajstić information content (AvgIpc) is 3.20. The number of allylic oxidation sites excluding steroid dienone is 2. The molecule has 0 saturated carbocycles. The minimum absolute atomic E-state index is 0.104. The number of nitrogens with one attached hydrogen (secondary N) is 1. The van der Waals surface area contributed by atoms with E-state index in [4.69, 9.17) is 14.8 Å². The Labute approximate surface area is 207 Å². The van der Waals surface area contributed by atoms with E-state index in [-0.39, 0.29) is 5.91 Å². The van der Waals surface area contributed by atoms with Gasteiger partial charge in [-0.2, -0.15) is 0 Å². The molecule has 1 N–H and O–H groups in total. The summed E-state index contributed by atoms with van der Waals surface area (Å²) < 4.78 is 0. The smallest absolute Gasteiger partial charge is 0.255 e. The normalized spacial score (nSPS) is 19.8. The molecule has 1 aliphatic heterocycles. The van der Waals surface area contributed by atoms with Gasteiger partial charge >= 0.3 is 0 Å². The Balaban J connectivity index is 0.00000141. The fourth-order valence-electron chi connectivity index (χ4n) is 5.29. The van der Waals surface area contributed by atoms with Gasteiger partial charge in [-0.1, -0.05) is 25.1 Å². The number of pyridine rings is 1. The number of aryl methyl sites for hydroxylation is 1. The molecule has 8 nitrogen and oxygen atoms in total. The first-order valence-corrected chi connectivity index (χ1v) is 12.5. The first-order chi connectivity index (χ1) is 17.1. The summed E-state index contributed by atoms with van der Waals surface area (Å²) in [6.07, 6.45) is 12.2. The highest BCUT2D eigenvalue weighted by Crippen LogP contribution is 2.33. The maximum Gasteiger partial charge on any atom is 0.255 e. The van der Waals surface area contributed by atoms with Crippen LogP contribution < -0.4 is 0 Å². The Hall–Kier alpha value is -3.10. The molecule has 8 heteroatoms. The summed E-state index contributed by atoms with van der Waals surface area (Å²) in [6.45, 7) is 9.34. The number of H-pyrrole nitrogens is 1. The summed E-state index contributed by atoms with van der Waals surface area (Å²) in [4.78, 5) is 41.2. The van der Waals surface area contributed by atoms with Gasteiger partial charge in [0.2, 0.25) is 0 Å². The molecule has 35 heavy (non-hydrogen) atoms. The fraction of sp³-hybridized carbons (Fsp3) is 0.481. The molecular formula is C27H36N6O2. The Morgan fingerprint density at radius 2 is 2.06 bits per heavy atom. The minimum atomic E-state index is 0.104. The van der Waals surface area contributed by atoms with Crippen LogP contribution in [0.4, 0.5) is 0 Å². The summed E-state index contributed by atoms with van der Waals surface area (Å²) in [6, 6.07) is 4.52. The molecule has 0 spiro atoms. The van der Waals surface area contributed by atoms with Crippen molar-refractivity contribution in [3.8, 4) is 0 Å². The van der Waals surface area contributed by atoms with E-state index in [0.29, 0.717) is 12.6 Å². The second-order valence-corrected chi connectivity index (χ2v) is 9.30. The van der Waals surface area contributed by atoms with E-state index < -0.39 is 0 Å². The lowest BCUT2D eigenvalue weighted by Gasteiger charge is -2.34. The predicted molar refractivity (Wildman–Crippen MR) is 137 cm³/mol. The third-order valence-electron chi connectivity index (χ3n) is 7.21. The van der Waals surface area contributed by atoms with Crippen LogP contribution >= 0.6 is 0 Å². The summed E-state index contributed by atoms with van der Waals surface area (Å²) in [5.41, 5.74) is 5.01. The first-order valence-electron chi connectivity index (χ1n) is 12.5. The molecule has 0 aromatic carbocycles. The zero-order valence-electron chi connectivity index (χ0n) is 20.9. The molecule has 1 atom stereocenters. The van der Waals surface area contributed by atoms with Crippen molar-refractivity contribution in [2.75, 3.05) is 39.8 Å². The van der Waals surface area contributed by atoms with Gasteiger partial charge < -0.3 is 19.6 Å². The SMILES string of the molecule is C=O.CCN1CCN(C(=O)C2=CCC=Cc3[nH]c(CN(C)C4CCCc5cccnc54)nc32)CC1. The summed E-state index contributed by atoms with van der Waals surface area (Å²) in [5, 5.41) is 0. The van der Waals surface area contributed by atoms with Crippen molar-refractivity contribution in [2.45, 2.75) is 45.2 Å². The highest BCUT2D eigenvalue weighted by molar-refractivity contribution is 6.19. The molecule has 0 bridgehead atoms. The molecule has 2 aromatic rings. The number of hydrogen-bond donors (Lipinski definition) is 1. The van der Waals surface area contributed by atoms with E-state index >= 15 is 0 Å². The number of fused-ring (bicyclic) bond motifs is 2. The van der Waals surface area contributed by atoms with Crippen molar-refractivity contribution in [3.05, 3.63) is 59.0 Å². The van der Waals surface area contributed by atoms with Crippen molar-refractivity contribution in [1.29, 1.82) is 0 Å². The van der Waals surface area contributed by atoms with Crippen molar-refractivity contribution in [3.63, 3.8) is 0 Å². The third-order valence-corrected chi connectivity index (χ3v) is 7.21. The largest absolute Gasteiger partial charge is 0.341 e. The zero-order valence-corrected chi connectivity index (χ0v) is 20.9. The summed E-state index contributed by atoms with van der Waals surface area (Å²) in [7, 11) is 2.15. The van der Waals surface area contributed by atoms with Gasteiger partial charge in [0.05, 0.1) is 29.5 Å². The molecule has 1 fully saturated rings. The second kappa shape index (κ2) is 11.6. The third kappa shape index (κ3) is 5.44. The number of likely N-dealkylation sites (N-methyl/N-ethyl adjacent to an activating group) is 1. The van der Waals surface area contributed by atoms with Gasteiger partial charge in [-0.05, 0) is 57.0 Å². The molecule has 1 unspecified atom stereocenters. The van der Waals surface area contributed by atoms with Gasteiger partial charge in [0.25, 0.3) is 5.91 Å². The van der Waals surface area contributed by atoms with E-state index in [2.05, 4.69) is 47.0 Å².